The molecule has 3 heterocycles. The molecule has 9 nitrogen and oxygen atoms in total. The zero-order valence-corrected chi connectivity index (χ0v) is 15.6. The average molecular weight is 377 g/mol. The van der Waals surface area contributed by atoms with Crippen LogP contribution < -0.4 is 5.32 Å². The van der Waals surface area contributed by atoms with Gasteiger partial charge in [0.15, 0.2) is 5.82 Å². The van der Waals surface area contributed by atoms with Crippen LogP contribution in [0.4, 0.5) is 0 Å². The second-order valence-electron chi connectivity index (χ2n) is 6.43. The Morgan fingerprint density at radius 3 is 2.79 bits per heavy atom. The Balaban J connectivity index is 1.32. The Morgan fingerprint density at radius 1 is 1.14 bits per heavy atom. The van der Waals surface area contributed by atoms with Crippen molar-refractivity contribution in [2.24, 2.45) is 0 Å². The van der Waals surface area contributed by atoms with Crippen molar-refractivity contribution in [3.05, 3.63) is 59.5 Å². The molecule has 1 N–H and O–H groups in total. The average Bonchev–Trinajstić information content (AvgIpc) is 3.29. The van der Waals surface area contributed by atoms with Crippen LogP contribution in [0.2, 0.25) is 0 Å². The number of carbonyl (C=O) groups excluding carboxylic acids is 1. The highest BCUT2D eigenvalue weighted by molar-refractivity contribution is 5.77. The normalized spacial score (nSPS) is 11.1. The van der Waals surface area contributed by atoms with E-state index in [1.807, 2.05) is 50.2 Å². The topological polar surface area (TPSA) is 111 Å². The first kappa shape index (κ1) is 17.8. The van der Waals surface area contributed by atoms with E-state index in [0.717, 1.165) is 17.0 Å². The predicted octanol–water partition coefficient (Wildman–Crippen LogP) is 1.69. The summed E-state index contributed by atoms with van der Waals surface area (Å²) in [6, 6.07) is 11.5. The van der Waals surface area contributed by atoms with Crippen LogP contribution in [0, 0.1) is 13.8 Å². The fraction of sp³-hybridized carbons (Fsp3) is 0.263. The van der Waals surface area contributed by atoms with Gasteiger partial charge in [0.1, 0.15) is 0 Å². The molecule has 1 aromatic carbocycles. The molecule has 3 aromatic heterocycles. The van der Waals surface area contributed by atoms with Crippen molar-refractivity contribution < 1.29 is 9.32 Å². The molecule has 142 valence electrons. The molecule has 0 aliphatic rings. The molecule has 0 aliphatic carbocycles. The van der Waals surface area contributed by atoms with E-state index in [9.17, 15) is 4.79 Å². The second kappa shape index (κ2) is 7.55. The standard InChI is InChI=1S/C19H19N7O2/c1-12-10-13(2)26-19(21-12)22-15(24-26)11-16(27)20-9-8-17-23-18(25-28-17)14-6-4-3-5-7-14/h3-7,10H,8-9,11H2,1-2H3,(H,20,27). The van der Waals surface area contributed by atoms with Gasteiger partial charge < -0.3 is 9.84 Å². The van der Waals surface area contributed by atoms with Crippen LogP contribution in [0.15, 0.2) is 40.9 Å². The molecule has 28 heavy (non-hydrogen) atoms. The number of nitrogens with zero attached hydrogens (tertiary/aromatic N) is 6. The lowest BCUT2D eigenvalue weighted by Gasteiger charge is -2.00. The first-order valence-corrected chi connectivity index (χ1v) is 8.93. The van der Waals surface area contributed by atoms with Gasteiger partial charge in [0.2, 0.25) is 17.6 Å². The van der Waals surface area contributed by atoms with Gasteiger partial charge in [-0.3, -0.25) is 4.79 Å². The van der Waals surface area contributed by atoms with Crippen molar-refractivity contribution in [1.29, 1.82) is 0 Å². The molecular weight excluding hydrogens is 358 g/mol. The van der Waals surface area contributed by atoms with E-state index in [2.05, 4.69) is 30.5 Å². The minimum absolute atomic E-state index is 0.0843. The number of rotatable bonds is 6. The third kappa shape index (κ3) is 3.88. The van der Waals surface area contributed by atoms with E-state index in [4.69, 9.17) is 4.52 Å². The number of nitrogens with one attached hydrogen (secondary N) is 1. The molecule has 4 aromatic rings. The zero-order valence-electron chi connectivity index (χ0n) is 15.6. The molecule has 0 saturated carbocycles. The molecule has 0 unspecified atom stereocenters. The van der Waals surface area contributed by atoms with Gasteiger partial charge in [0.05, 0.1) is 6.42 Å². The lowest BCUT2D eigenvalue weighted by Crippen LogP contribution is -2.27. The minimum atomic E-state index is -0.173. The number of hydrogen-bond donors (Lipinski definition) is 1. The number of benzene rings is 1. The van der Waals surface area contributed by atoms with E-state index in [1.165, 1.54) is 0 Å². The SMILES string of the molecule is Cc1cc(C)n2nc(CC(=O)NCCc3nc(-c4ccccc4)no3)nc2n1. The third-order valence-corrected chi connectivity index (χ3v) is 4.14. The summed E-state index contributed by atoms with van der Waals surface area (Å²) in [6.45, 7) is 4.21. The van der Waals surface area contributed by atoms with Crippen LogP contribution in [-0.4, -0.2) is 42.2 Å². The van der Waals surface area contributed by atoms with Gasteiger partial charge in [-0.2, -0.15) is 9.97 Å². The molecule has 0 fully saturated rings. The maximum Gasteiger partial charge on any atom is 0.252 e. The fourth-order valence-electron chi connectivity index (χ4n) is 2.86. The highest BCUT2D eigenvalue weighted by Crippen LogP contribution is 2.14. The highest BCUT2D eigenvalue weighted by Gasteiger charge is 2.13. The Kier molecular flexibility index (Phi) is 4.79. The summed E-state index contributed by atoms with van der Waals surface area (Å²) in [4.78, 5) is 25.2. The van der Waals surface area contributed by atoms with Crippen LogP contribution in [0.3, 0.4) is 0 Å². The number of hydrogen-bond acceptors (Lipinski definition) is 7. The smallest absolute Gasteiger partial charge is 0.252 e. The highest BCUT2D eigenvalue weighted by atomic mass is 16.5. The van der Waals surface area contributed by atoms with E-state index in [1.54, 1.807) is 4.52 Å². The zero-order chi connectivity index (χ0) is 19.5. The third-order valence-electron chi connectivity index (χ3n) is 4.14. The number of fused-ring (bicyclic) bond motifs is 1. The molecule has 0 saturated heterocycles. The monoisotopic (exact) mass is 377 g/mol. The summed E-state index contributed by atoms with van der Waals surface area (Å²) in [5.41, 5.74) is 2.67. The van der Waals surface area contributed by atoms with E-state index in [-0.39, 0.29) is 12.3 Å². The van der Waals surface area contributed by atoms with Crippen LogP contribution in [-0.2, 0) is 17.6 Å². The molecule has 9 heteroatoms. The molecule has 0 bridgehead atoms. The summed E-state index contributed by atoms with van der Waals surface area (Å²) in [5, 5.41) is 11.1. The van der Waals surface area contributed by atoms with Crippen molar-refractivity contribution in [1.82, 2.24) is 35.0 Å². The van der Waals surface area contributed by atoms with Crippen molar-refractivity contribution in [2.75, 3.05) is 6.54 Å². The summed E-state index contributed by atoms with van der Waals surface area (Å²) < 4.78 is 6.87. The summed E-state index contributed by atoms with van der Waals surface area (Å²) in [7, 11) is 0. The molecule has 4 rings (SSSR count). The number of amides is 1. The maximum absolute atomic E-state index is 12.2. The molecule has 0 aliphatic heterocycles. The van der Waals surface area contributed by atoms with Gasteiger partial charge in [-0.1, -0.05) is 35.5 Å². The van der Waals surface area contributed by atoms with Gasteiger partial charge in [-0.05, 0) is 19.9 Å². The van der Waals surface area contributed by atoms with Crippen molar-refractivity contribution in [2.45, 2.75) is 26.7 Å². The molecule has 0 radical (unpaired) electrons. The molecule has 0 atom stereocenters. The lowest BCUT2D eigenvalue weighted by molar-refractivity contribution is -0.120. The van der Waals surface area contributed by atoms with Crippen molar-refractivity contribution in [3.63, 3.8) is 0 Å². The number of aryl methyl sites for hydroxylation is 2. The number of aromatic nitrogens is 6. The van der Waals surface area contributed by atoms with Crippen LogP contribution >= 0.6 is 0 Å². The lowest BCUT2D eigenvalue weighted by atomic mass is 10.2. The largest absolute Gasteiger partial charge is 0.355 e. The Bertz CT molecular complexity index is 1120. The Morgan fingerprint density at radius 2 is 1.96 bits per heavy atom. The van der Waals surface area contributed by atoms with Crippen LogP contribution in [0.1, 0.15) is 23.1 Å². The summed E-state index contributed by atoms with van der Waals surface area (Å²) in [6.07, 6.45) is 0.533. The van der Waals surface area contributed by atoms with Gasteiger partial charge >= 0.3 is 0 Å². The molecular formula is C19H19N7O2. The summed E-state index contributed by atoms with van der Waals surface area (Å²) >= 11 is 0. The predicted molar refractivity (Wildman–Crippen MR) is 100 cm³/mol. The molecule has 1 amide bonds. The van der Waals surface area contributed by atoms with Gasteiger partial charge in [-0.25, -0.2) is 9.50 Å². The van der Waals surface area contributed by atoms with Crippen molar-refractivity contribution in [3.8, 4) is 11.4 Å². The van der Waals surface area contributed by atoms with Crippen molar-refractivity contribution >= 4 is 11.7 Å². The van der Waals surface area contributed by atoms with Gasteiger partial charge in [0, 0.05) is 29.9 Å². The van der Waals surface area contributed by atoms with Crippen LogP contribution in [0.5, 0.6) is 0 Å². The first-order chi connectivity index (χ1) is 13.6. The minimum Gasteiger partial charge on any atom is -0.355 e. The Hall–Kier alpha value is -3.62. The van der Waals surface area contributed by atoms with Gasteiger partial charge in [-0.15, -0.1) is 5.10 Å². The van der Waals surface area contributed by atoms with E-state index >= 15 is 0 Å². The maximum atomic E-state index is 12.2. The first-order valence-electron chi connectivity index (χ1n) is 8.93. The quantitative estimate of drug-likeness (QED) is 0.544. The fourth-order valence-corrected chi connectivity index (χ4v) is 2.86. The van der Waals surface area contributed by atoms with E-state index in [0.29, 0.717) is 36.3 Å². The number of carbonyl (C=O) groups is 1. The molecule has 0 spiro atoms. The Labute approximate surface area is 160 Å². The second-order valence-corrected chi connectivity index (χ2v) is 6.43. The summed E-state index contributed by atoms with van der Waals surface area (Å²) in [5.74, 6) is 1.77. The van der Waals surface area contributed by atoms with Gasteiger partial charge in [0.25, 0.3) is 5.78 Å². The van der Waals surface area contributed by atoms with Crippen LogP contribution in [0.25, 0.3) is 17.2 Å². The van der Waals surface area contributed by atoms with E-state index < -0.39 is 0 Å².